The standard InChI is InChI=1S/C11H15ClNO2.CHF3O3S/c1-13(2,3)8-5-6-9(10(12)7-8)11(14)15-4;2-1(3,4)8(5,6)7/h5-7H,1-4H3;(H,5,6,7)/q+1;/p-1. The van der Waals surface area contributed by atoms with Gasteiger partial charge in [-0.3, -0.25) is 4.48 Å². The molecule has 23 heavy (non-hydrogen) atoms. The number of methoxy groups -OCH3 is 1. The van der Waals surface area contributed by atoms with E-state index in [9.17, 15) is 18.0 Å². The second kappa shape index (κ2) is 7.47. The fraction of sp³-hybridized carbons (Fsp3) is 0.417. The number of hydrogen-bond acceptors (Lipinski definition) is 5. The summed E-state index contributed by atoms with van der Waals surface area (Å²) in [5.41, 5.74) is -4.21. The van der Waals surface area contributed by atoms with Gasteiger partial charge in [-0.2, -0.15) is 13.2 Å². The normalized spacial score (nSPS) is 12.2. The predicted molar refractivity (Wildman–Crippen MR) is 78.1 cm³/mol. The Morgan fingerprint density at radius 3 is 1.96 bits per heavy atom. The Hall–Kier alpha value is -1.36. The molecular weight excluding hydrogens is 363 g/mol. The van der Waals surface area contributed by atoms with E-state index >= 15 is 0 Å². The van der Waals surface area contributed by atoms with Gasteiger partial charge in [0.15, 0.2) is 10.1 Å². The molecule has 0 saturated heterocycles. The SMILES string of the molecule is COC(=O)c1ccc([N+](C)(C)C)cc1Cl.O=S(=O)([O-])C(F)(F)F. The van der Waals surface area contributed by atoms with Gasteiger partial charge >= 0.3 is 11.5 Å². The summed E-state index contributed by atoms with van der Waals surface area (Å²) in [6, 6.07) is 5.35. The zero-order valence-corrected chi connectivity index (χ0v) is 14.2. The van der Waals surface area contributed by atoms with E-state index in [0.717, 1.165) is 5.69 Å². The number of quaternary nitrogens is 1. The molecule has 0 aliphatic carbocycles. The van der Waals surface area contributed by atoms with Crippen molar-refractivity contribution >= 4 is 33.4 Å². The Kier molecular flexibility index (Phi) is 7.03. The Balaban J connectivity index is 0.000000515. The lowest BCUT2D eigenvalue weighted by Crippen LogP contribution is -2.34. The molecule has 0 amide bonds. The second-order valence-electron chi connectivity index (χ2n) is 5.07. The Morgan fingerprint density at radius 2 is 1.70 bits per heavy atom. The van der Waals surface area contributed by atoms with Crippen LogP contribution in [0, 0.1) is 0 Å². The molecule has 0 unspecified atom stereocenters. The van der Waals surface area contributed by atoms with Crippen LogP contribution in [0.5, 0.6) is 0 Å². The molecule has 1 aromatic rings. The topological polar surface area (TPSA) is 83.5 Å². The van der Waals surface area contributed by atoms with E-state index in [2.05, 4.69) is 4.74 Å². The van der Waals surface area contributed by atoms with Gasteiger partial charge in [-0.25, -0.2) is 13.2 Å². The van der Waals surface area contributed by atoms with Crippen molar-refractivity contribution in [2.24, 2.45) is 0 Å². The average molecular weight is 378 g/mol. The van der Waals surface area contributed by atoms with Gasteiger partial charge in [0.2, 0.25) is 0 Å². The largest absolute Gasteiger partial charge is 0.741 e. The lowest BCUT2D eigenvalue weighted by atomic mass is 10.2. The summed E-state index contributed by atoms with van der Waals surface area (Å²) in [4.78, 5) is 11.3. The van der Waals surface area contributed by atoms with Crippen molar-refractivity contribution < 1.29 is 35.7 Å². The number of hydrogen-bond donors (Lipinski definition) is 0. The minimum absolute atomic E-state index is 0.399. The number of carbonyl (C=O) groups excluding carboxylic acids is 1. The lowest BCUT2D eigenvalue weighted by molar-refractivity contribution is -0.0517. The van der Waals surface area contributed by atoms with Crippen LogP contribution in [0.1, 0.15) is 10.4 Å². The van der Waals surface area contributed by atoms with Crippen molar-refractivity contribution in [1.82, 2.24) is 4.48 Å². The number of rotatable bonds is 2. The molecule has 1 aromatic carbocycles. The smallest absolute Gasteiger partial charge is 0.485 e. The highest BCUT2D eigenvalue weighted by molar-refractivity contribution is 7.86. The fourth-order valence-electron chi connectivity index (χ4n) is 1.20. The average Bonchev–Trinajstić information content (AvgIpc) is 2.35. The van der Waals surface area contributed by atoms with E-state index < -0.39 is 21.6 Å². The molecule has 11 heteroatoms. The number of carbonyl (C=O) groups is 1. The number of alkyl halides is 3. The molecule has 6 nitrogen and oxygen atoms in total. The lowest BCUT2D eigenvalue weighted by Gasteiger charge is -2.23. The highest BCUT2D eigenvalue weighted by Crippen LogP contribution is 2.25. The molecular formula is C12H15ClF3NO5S. The van der Waals surface area contributed by atoms with E-state index in [1.165, 1.54) is 7.11 Å². The quantitative estimate of drug-likeness (QED) is 0.342. The van der Waals surface area contributed by atoms with Crippen LogP contribution in [-0.4, -0.2) is 52.7 Å². The molecule has 0 N–H and O–H groups in total. The molecule has 0 aromatic heterocycles. The van der Waals surface area contributed by atoms with Crippen LogP contribution >= 0.6 is 11.6 Å². The van der Waals surface area contributed by atoms with Gasteiger partial charge in [0.25, 0.3) is 0 Å². The van der Waals surface area contributed by atoms with Crippen LogP contribution in [0.4, 0.5) is 18.9 Å². The third-order valence-electron chi connectivity index (χ3n) is 2.42. The molecule has 0 aliphatic rings. The summed E-state index contributed by atoms with van der Waals surface area (Å²) in [7, 11) is 1.34. The van der Waals surface area contributed by atoms with Crippen molar-refractivity contribution in [3.63, 3.8) is 0 Å². The van der Waals surface area contributed by atoms with Crippen molar-refractivity contribution in [2.45, 2.75) is 5.51 Å². The molecule has 0 radical (unpaired) electrons. The third-order valence-corrected chi connectivity index (χ3v) is 3.30. The number of nitrogens with zero attached hydrogens (tertiary/aromatic N) is 1. The number of halogens is 4. The van der Waals surface area contributed by atoms with Crippen molar-refractivity contribution in [3.8, 4) is 0 Å². The third kappa shape index (κ3) is 6.73. The summed E-state index contributed by atoms with van der Waals surface area (Å²) < 4.78 is 64.2. The molecule has 0 fully saturated rings. The van der Waals surface area contributed by atoms with Crippen molar-refractivity contribution in [3.05, 3.63) is 28.8 Å². The fourth-order valence-corrected chi connectivity index (χ4v) is 1.45. The second-order valence-corrected chi connectivity index (χ2v) is 6.85. The van der Waals surface area contributed by atoms with Gasteiger partial charge in [0.1, 0.15) is 5.69 Å². The van der Waals surface area contributed by atoms with Gasteiger partial charge in [-0.05, 0) is 6.07 Å². The summed E-state index contributed by atoms with van der Waals surface area (Å²) in [5, 5.41) is 0.424. The predicted octanol–water partition coefficient (Wildman–Crippen LogP) is 2.37. The minimum Gasteiger partial charge on any atom is -0.741 e. The zero-order chi connectivity index (χ0) is 18.6. The molecule has 0 spiro atoms. The van der Waals surface area contributed by atoms with E-state index in [4.69, 9.17) is 24.6 Å². The molecule has 132 valence electrons. The first-order valence-corrected chi connectivity index (χ1v) is 7.62. The zero-order valence-electron chi connectivity index (χ0n) is 12.6. The highest BCUT2D eigenvalue weighted by Gasteiger charge is 2.36. The monoisotopic (exact) mass is 377 g/mol. The van der Waals surface area contributed by atoms with Crippen LogP contribution in [0.25, 0.3) is 0 Å². The maximum Gasteiger partial charge on any atom is 0.485 e. The van der Waals surface area contributed by atoms with Crippen LogP contribution in [0.15, 0.2) is 18.2 Å². The van der Waals surface area contributed by atoms with Crippen LogP contribution in [0.3, 0.4) is 0 Å². The number of benzene rings is 1. The summed E-state index contributed by atoms with van der Waals surface area (Å²) >= 11 is 6.00. The van der Waals surface area contributed by atoms with Gasteiger partial charge in [0.05, 0.1) is 38.8 Å². The molecule has 1 rings (SSSR count). The molecule has 0 saturated carbocycles. The van der Waals surface area contributed by atoms with Gasteiger partial charge in [-0.1, -0.05) is 11.6 Å². The van der Waals surface area contributed by atoms with Crippen LogP contribution in [0.2, 0.25) is 5.02 Å². The van der Waals surface area contributed by atoms with Crippen molar-refractivity contribution in [2.75, 3.05) is 28.3 Å². The minimum atomic E-state index is -6.09. The summed E-state index contributed by atoms with van der Waals surface area (Å²) in [5.74, 6) is -0.409. The number of ether oxygens (including phenoxy) is 1. The van der Waals surface area contributed by atoms with Crippen LogP contribution in [-0.2, 0) is 14.9 Å². The Morgan fingerprint density at radius 1 is 1.26 bits per heavy atom. The maximum absolute atomic E-state index is 11.3. The van der Waals surface area contributed by atoms with Gasteiger partial charge in [0, 0.05) is 12.1 Å². The first-order valence-electron chi connectivity index (χ1n) is 5.83. The van der Waals surface area contributed by atoms with E-state index in [1.54, 1.807) is 12.1 Å². The Bertz CT molecular complexity index is 668. The number of esters is 1. The first kappa shape index (κ1) is 21.6. The van der Waals surface area contributed by atoms with E-state index in [0.29, 0.717) is 15.1 Å². The van der Waals surface area contributed by atoms with Gasteiger partial charge < -0.3 is 9.29 Å². The Labute approximate surface area is 136 Å². The summed E-state index contributed by atoms with van der Waals surface area (Å²) in [6.45, 7) is 0. The highest BCUT2D eigenvalue weighted by atomic mass is 35.5. The molecule has 0 aliphatic heterocycles. The van der Waals surface area contributed by atoms with E-state index in [-0.39, 0.29) is 0 Å². The van der Waals surface area contributed by atoms with Crippen LogP contribution < -0.4 is 4.48 Å². The first-order chi connectivity index (χ1) is 10.1. The van der Waals surface area contributed by atoms with Gasteiger partial charge in [-0.15, -0.1) is 0 Å². The molecule has 0 atom stereocenters. The summed E-state index contributed by atoms with van der Waals surface area (Å²) in [6.07, 6.45) is 0. The van der Waals surface area contributed by atoms with Crippen molar-refractivity contribution in [1.29, 1.82) is 0 Å². The van der Waals surface area contributed by atoms with E-state index in [1.807, 2.05) is 27.2 Å². The molecule has 0 bridgehead atoms. The molecule has 0 heterocycles. The maximum atomic E-state index is 11.3.